The molecule has 5 nitrogen and oxygen atoms in total. The van der Waals surface area contributed by atoms with Gasteiger partial charge in [-0.15, -0.1) is 11.3 Å². The van der Waals surface area contributed by atoms with E-state index in [4.69, 9.17) is 9.47 Å². The summed E-state index contributed by atoms with van der Waals surface area (Å²) in [6, 6.07) is 6.35. The number of hydrogen-bond donors (Lipinski definition) is 0. The van der Waals surface area contributed by atoms with E-state index in [9.17, 15) is 0 Å². The number of ether oxygens (including phenoxy) is 2. The quantitative estimate of drug-likeness (QED) is 0.729. The summed E-state index contributed by atoms with van der Waals surface area (Å²) >= 11 is 1.71. The molecule has 1 aliphatic rings. The average molecular weight is 341 g/mol. The monoisotopic (exact) mass is 341 g/mol. The molecule has 0 spiro atoms. The summed E-state index contributed by atoms with van der Waals surface area (Å²) in [5.41, 5.74) is 2.58. The van der Waals surface area contributed by atoms with Crippen LogP contribution in [-0.2, 0) is 13.0 Å². The third-order valence-electron chi connectivity index (χ3n) is 4.45. The number of aryl methyl sites for hydroxylation is 1. The first-order chi connectivity index (χ1) is 11.7. The van der Waals surface area contributed by atoms with Crippen molar-refractivity contribution in [1.29, 1.82) is 0 Å². The first-order valence-electron chi connectivity index (χ1n) is 7.89. The van der Waals surface area contributed by atoms with Crippen LogP contribution in [-0.4, -0.2) is 30.7 Å². The molecule has 0 saturated heterocycles. The van der Waals surface area contributed by atoms with Gasteiger partial charge in [0.25, 0.3) is 0 Å². The van der Waals surface area contributed by atoms with Crippen molar-refractivity contribution in [3.05, 3.63) is 40.5 Å². The van der Waals surface area contributed by atoms with Crippen LogP contribution in [0.4, 0.5) is 5.82 Å². The fourth-order valence-electron chi connectivity index (χ4n) is 3.28. The van der Waals surface area contributed by atoms with Crippen molar-refractivity contribution in [2.45, 2.75) is 19.9 Å². The van der Waals surface area contributed by atoms with E-state index in [2.05, 4.69) is 40.0 Å². The number of benzene rings is 1. The Balaban J connectivity index is 1.73. The fourth-order valence-corrected chi connectivity index (χ4v) is 4.12. The van der Waals surface area contributed by atoms with E-state index in [1.807, 2.05) is 0 Å². The average Bonchev–Trinajstić information content (AvgIpc) is 3.00. The lowest BCUT2D eigenvalue weighted by Crippen LogP contribution is -2.31. The van der Waals surface area contributed by atoms with Crippen LogP contribution in [0.25, 0.3) is 10.2 Å². The largest absolute Gasteiger partial charge is 0.493 e. The maximum absolute atomic E-state index is 5.45. The molecule has 3 aromatic rings. The van der Waals surface area contributed by atoms with Crippen molar-refractivity contribution in [2.24, 2.45) is 0 Å². The predicted molar refractivity (Wildman–Crippen MR) is 96.5 cm³/mol. The van der Waals surface area contributed by atoms with Crippen LogP contribution in [0.3, 0.4) is 0 Å². The van der Waals surface area contributed by atoms with Crippen molar-refractivity contribution in [3.8, 4) is 11.5 Å². The second-order valence-electron chi connectivity index (χ2n) is 5.92. The minimum absolute atomic E-state index is 0.775. The standard InChI is InChI=1S/C18H19N3O2S/c1-11-6-14-17(19-10-20-18(14)24-11)21-5-4-12-7-15(22-2)16(23-3)8-13(12)9-21/h6-8,10H,4-5,9H2,1-3H3. The minimum Gasteiger partial charge on any atom is -0.493 e. The molecule has 0 amide bonds. The number of anilines is 1. The van der Waals surface area contributed by atoms with E-state index in [0.717, 1.165) is 47.0 Å². The summed E-state index contributed by atoms with van der Waals surface area (Å²) < 4.78 is 10.9. The Hall–Kier alpha value is -2.34. The molecular formula is C18H19N3O2S. The highest BCUT2D eigenvalue weighted by Gasteiger charge is 2.22. The van der Waals surface area contributed by atoms with E-state index >= 15 is 0 Å². The van der Waals surface area contributed by atoms with Gasteiger partial charge in [-0.2, -0.15) is 0 Å². The molecule has 6 heteroatoms. The van der Waals surface area contributed by atoms with Crippen molar-refractivity contribution < 1.29 is 9.47 Å². The molecule has 0 aliphatic carbocycles. The van der Waals surface area contributed by atoms with Crippen LogP contribution in [0, 0.1) is 6.92 Å². The topological polar surface area (TPSA) is 47.5 Å². The number of thiophene rings is 1. The summed E-state index contributed by atoms with van der Waals surface area (Å²) in [4.78, 5) is 13.6. The summed E-state index contributed by atoms with van der Waals surface area (Å²) in [5, 5.41) is 1.14. The molecule has 3 heterocycles. The van der Waals surface area contributed by atoms with E-state index in [1.54, 1.807) is 31.9 Å². The van der Waals surface area contributed by atoms with Gasteiger partial charge >= 0.3 is 0 Å². The van der Waals surface area contributed by atoms with Gasteiger partial charge < -0.3 is 14.4 Å². The summed E-state index contributed by atoms with van der Waals surface area (Å²) in [6.45, 7) is 3.86. The van der Waals surface area contributed by atoms with Gasteiger partial charge in [0.05, 0.1) is 19.6 Å². The number of aromatic nitrogens is 2. The van der Waals surface area contributed by atoms with Crippen molar-refractivity contribution in [3.63, 3.8) is 0 Å². The normalized spacial score (nSPS) is 13.9. The minimum atomic E-state index is 0.775. The van der Waals surface area contributed by atoms with Crippen molar-refractivity contribution in [2.75, 3.05) is 25.7 Å². The molecule has 0 atom stereocenters. The second kappa shape index (κ2) is 5.94. The first kappa shape index (κ1) is 15.2. The Bertz CT molecular complexity index is 907. The van der Waals surface area contributed by atoms with E-state index in [1.165, 1.54) is 16.0 Å². The van der Waals surface area contributed by atoms with Gasteiger partial charge in [-0.05, 0) is 42.7 Å². The number of rotatable bonds is 3. The smallest absolute Gasteiger partial charge is 0.161 e. The molecule has 1 aliphatic heterocycles. The lowest BCUT2D eigenvalue weighted by atomic mass is 9.98. The molecule has 0 saturated carbocycles. The lowest BCUT2D eigenvalue weighted by Gasteiger charge is -2.30. The summed E-state index contributed by atoms with van der Waals surface area (Å²) in [6.07, 6.45) is 2.63. The third-order valence-corrected chi connectivity index (χ3v) is 5.41. The van der Waals surface area contributed by atoms with Crippen LogP contribution in [0.5, 0.6) is 11.5 Å². The van der Waals surface area contributed by atoms with Gasteiger partial charge in [0, 0.05) is 18.0 Å². The molecule has 0 radical (unpaired) electrons. The molecule has 2 aromatic heterocycles. The maximum Gasteiger partial charge on any atom is 0.161 e. The molecule has 0 N–H and O–H groups in total. The van der Waals surface area contributed by atoms with Gasteiger partial charge in [0.1, 0.15) is 17.0 Å². The third kappa shape index (κ3) is 2.47. The zero-order valence-electron chi connectivity index (χ0n) is 14.0. The van der Waals surface area contributed by atoms with Gasteiger partial charge in [0.2, 0.25) is 0 Å². The molecular weight excluding hydrogens is 322 g/mol. The highest BCUT2D eigenvalue weighted by Crippen LogP contribution is 2.36. The Morgan fingerprint density at radius 3 is 2.54 bits per heavy atom. The van der Waals surface area contributed by atoms with E-state index < -0.39 is 0 Å². The van der Waals surface area contributed by atoms with Gasteiger partial charge in [-0.3, -0.25) is 0 Å². The zero-order valence-corrected chi connectivity index (χ0v) is 14.8. The molecule has 4 rings (SSSR count). The van der Waals surface area contributed by atoms with E-state index in [-0.39, 0.29) is 0 Å². The molecule has 124 valence electrons. The number of fused-ring (bicyclic) bond motifs is 2. The van der Waals surface area contributed by atoms with Crippen LogP contribution in [0.1, 0.15) is 16.0 Å². The number of hydrogen-bond acceptors (Lipinski definition) is 6. The Morgan fingerprint density at radius 1 is 1.04 bits per heavy atom. The van der Waals surface area contributed by atoms with Crippen molar-refractivity contribution in [1.82, 2.24) is 9.97 Å². The lowest BCUT2D eigenvalue weighted by molar-refractivity contribution is 0.353. The van der Waals surface area contributed by atoms with E-state index in [0.29, 0.717) is 0 Å². The Kier molecular flexibility index (Phi) is 3.76. The molecule has 0 fully saturated rings. The molecule has 24 heavy (non-hydrogen) atoms. The molecule has 0 unspecified atom stereocenters. The first-order valence-corrected chi connectivity index (χ1v) is 8.71. The SMILES string of the molecule is COc1cc2c(cc1OC)CN(c1ncnc3sc(C)cc13)CC2. The van der Waals surface area contributed by atoms with Crippen LogP contribution in [0.15, 0.2) is 24.5 Å². The number of nitrogens with zero attached hydrogens (tertiary/aromatic N) is 3. The van der Waals surface area contributed by atoms with Crippen LogP contribution >= 0.6 is 11.3 Å². The summed E-state index contributed by atoms with van der Waals surface area (Å²) in [7, 11) is 3.35. The maximum atomic E-state index is 5.45. The highest BCUT2D eigenvalue weighted by molar-refractivity contribution is 7.18. The highest BCUT2D eigenvalue weighted by atomic mass is 32.1. The van der Waals surface area contributed by atoms with Gasteiger partial charge in [0.15, 0.2) is 11.5 Å². The Morgan fingerprint density at radius 2 is 1.79 bits per heavy atom. The zero-order chi connectivity index (χ0) is 16.7. The number of methoxy groups -OCH3 is 2. The fraction of sp³-hybridized carbons (Fsp3) is 0.333. The van der Waals surface area contributed by atoms with Crippen LogP contribution in [0.2, 0.25) is 0 Å². The second-order valence-corrected chi connectivity index (χ2v) is 7.16. The van der Waals surface area contributed by atoms with Crippen molar-refractivity contribution >= 4 is 27.4 Å². The van der Waals surface area contributed by atoms with Crippen LogP contribution < -0.4 is 14.4 Å². The predicted octanol–water partition coefficient (Wildman–Crippen LogP) is 3.58. The Labute approximate surface area is 144 Å². The van der Waals surface area contributed by atoms with Gasteiger partial charge in [-0.25, -0.2) is 9.97 Å². The molecule has 0 bridgehead atoms. The summed E-state index contributed by atoms with van der Waals surface area (Å²) in [5.74, 6) is 2.59. The van der Waals surface area contributed by atoms with Gasteiger partial charge in [-0.1, -0.05) is 0 Å². The molecule has 1 aromatic carbocycles.